The number of nitrogens with zero attached hydrogens (tertiary/aromatic N) is 1. The number of carboxylic acids is 1. The molecule has 3 nitrogen and oxygen atoms in total. The normalized spacial score (nSPS) is 25.6. The van der Waals surface area contributed by atoms with Crippen LogP contribution in [0.15, 0.2) is 0 Å². The lowest BCUT2D eigenvalue weighted by Gasteiger charge is -2.22. The number of hydrogen-bond donors (Lipinski definition) is 1. The molecular formula is C9H15F2NO2. The van der Waals surface area contributed by atoms with E-state index in [0.29, 0.717) is 19.4 Å². The quantitative estimate of drug-likeness (QED) is 0.758. The van der Waals surface area contributed by atoms with Gasteiger partial charge in [-0.1, -0.05) is 6.92 Å². The minimum absolute atomic E-state index is 0.211. The molecule has 0 saturated carbocycles. The van der Waals surface area contributed by atoms with Crippen molar-refractivity contribution < 1.29 is 18.7 Å². The number of alkyl halides is 2. The fourth-order valence-corrected chi connectivity index (χ4v) is 1.89. The second-order valence-electron chi connectivity index (χ2n) is 3.64. The van der Waals surface area contributed by atoms with Crippen molar-refractivity contribution in [1.29, 1.82) is 0 Å². The highest BCUT2D eigenvalue weighted by atomic mass is 19.3. The van der Waals surface area contributed by atoms with E-state index in [-0.39, 0.29) is 6.54 Å². The van der Waals surface area contributed by atoms with Gasteiger partial charge >= 0.3 is 5.97 Å². The summed E-state index contributed by atoms with van der Waals surface area (Å²) in [7, 11) is 0. The maximum Gasteiger partial charge on any atom is 0.320 e. The third-order valence-corrected chi connectivity index (χ3v) is 2.73. The molecule has 0 bridgehead atoms. The van der Waals surface area contributed by atoms with E-state index >= 15 is 0 Å². The molecule has 82 valence electrons. The monoisotopic (exact) mass is 207 g/mol. The number of carboxylic acid groups (broad SMARTS) is 1. The minimum Gasteiger partial charge on any atom is -0.480 e. The number of hydrogen-bond acceptors (Lipinski definition) is 2. The van der Waals surface area contributed by atoms with Crippen LogP contribution in [0.2, 0.25) is 0 Å². The van der Waals surface area contributed by atoms with Gasteiger partial charge in [-0.3, -0.25) is 9.69 Å². The molecule has 0 radical (unpaired) electrons. The molecule has 0 spiro atoms. The van der Waals surface area contributed by atoms with Crippen LogP contribution in [0.3, 0.4) is 0 Å². The SMILES string of the molecule is CCC(C(=O)O)N1CCC(C(F)F)C1. The average molecular weight is 207 g/mol. The molecule has 0 aromatic carbocycles. The van der Waals surface area contributed by atoms with Crippen LogP contribution in [0.1, 0.15) is 19.8 Å². The van der Waals surface area contributed by atoms with Gasteiger partial charge in [-0.2, -0.15) is 0 Å². The summed E-state index contributed by atoms with van der Waals surface area (Å²) in [6, 6.07) is -0.598. The Kier molecular flexibility index (Phi) is 3.80. The Hall–Kier alpha value is -0.710. The van der Waals surface area contributed by atoms with Gasteiger partial charge in [-0.25, -0.2) is 8.78 Å². The molecule has 2 atom stereocenters. The Labute approximate surface area is 81.7 Å². The summed E-state index contributed by atoms with van der Waals surface area (Å²) in [4.78, 5) is 12.4. The van der Waals surface area contributed by atoms with Crippen LogP contribution >= 0.6 is 0 Å². The van der Waals surface area contributed by atoms with Crippen LogP contribution in [-0.2, 0) is 4.79 Å². The average Bonchev–Trinajstić information content (AvgIpc) is 2.53. The minimum atomic E-state index is -2.33. The van der Waals surface area contributed by atoms with Crippen molar-refractivity contribution in [2.45, 2.75) is 32.2 Å². The number of aliphatic carboxylic acids is 1. The zero-order valence-corrected chi connectivity index (χ0v) is 8.12. The highest BCUT2D eigenvalue weighted by Gasteiger charge is 2.34. The molecule has 2 unspecified atom stereocenters. The predicted octanol–water partition coefficient (Wildman–Crippen LogP) is 1.44. The van der Waals surface area contributed by atoms with Gasteiger partial charge in [0.25, 0.3) is 0 Å². The van der Waals surface area contributed by atoms with Gasteiger partial charge in [-0.05, 0) is 19.4 Å². The van der Waals surface area contributed by atoms with Gasteiger partial charge in [-0.15, -0.1) is 0 Å². The molecule has 1 aliphatic rings. The Morgan fingerprint density at radius 2 is 2.29 bits per heavy atom. The molecule has 0 amide bonds. The van der Waals surface area contributed by atoms with Crippen molar-refractivity contribution in [3.63, 3.8) is 0 Å². The first-order chi connectivity index (χ1) is 6.56. The van der Waals surface area contributed by atoms with Crippen molar-refractivity contribution in [3.8, 4) is 0 Å². The summed E-state index contributed by atoms with van der Waals surface area (Å²) < 4.78 is 24.6. The molecule has 1 heterocycles. The van der Waals surface area contributed by atoms with E-state index < -0.39 is 24.4 Å². The molecule has 1 aliphatic heterocycles. The number of rotatable bonds is 4. The maximum atomic E-state index is 12.3. The Balaban J connectivity index is 2.51. The topological polar surface area (TPSA) is 40.5 Å². The molecule has 0 aromatic rings. The zero-order chi connectivity index (χ0) is 10.7. The van der Waals surface area contributed by atoms with Gasteiger partial charge in [0.15, 0.2) is 0 Å². The first-order valence-corrected chi connectivity index (χ1v) is 4.81. The van der Waals surface area contributed by atoms with E-state index in [9.17, 15) is 13.6 Å². The van der Waals surface area contributed by atoms with E-state index in [1.807, 2.05) is 0 Å². The van der Waals surface area contributed by atoms with Gasteiger partial charge < -0.3 is 5.11 Å². The van der Waals surface area contributed by atoms with E-state index in [4.69, 9.17) is 5.11 Å². The Bertz CT molecular complexity index is 211. The molecule has 5 heteroatoms. The first kappa shape index (κ1) is 11.4. The number of carbonyl (C=O) groups is 1. The third-order valence-electron chi connectivity index (χ3n) is 2.73. The van der Waals surface area contributed by atoms with Gasteiger partial charge in [0.05, 0.1) is 0 Å². The van der Waals surface area contributed by atoms with Crippen LogP contribution in [0, 0.1) is 5.92 Å². The second-order valence-corrected chi connectivity index (χ2v) is 3.64. The molecule has 1 rings (SSSR count). The van der Waals surface area contributed by atoms with Crippen LogP contribution in [0.5, 0.6) is 0 Å². The fourth-order valence-electron chi connectivity index (χ4n) is 1.89. The van der Waals surface area contributed by atoms with Gasteiger partial charge in [0.1, 0.15) is 6.04 Å². The zero-order valence-electron chi connectivity index (χ0n) is 8.12. The van der Waals surface area contributed by atoms with Crippen molar-refractivity contribution in [1.82, 2.24) is 4.90 Å². The number of halogens is 2. The van der Waals surface area contributed by atoms with Gasteiger partial charge in [0.2, 0.25) is 6.43 Å². The third kappa shape index (κ3) is 2.41. The lowest BCUT2D eigenvalue weighted by atomic mass is 10.1. The van der Waals surface area contributed by atoms with Crippen LogP contribution in [-0.4, -0.2) is 41.5 Å². The van der Waals surface area contributed by atoms with Crippen molar-refractivity contribution in [2.75, 3.05) is 13.1 Å². The summed E-state index contributed by atoms with van der Waals surface area (Å²) in [5.74, 6) is -1.56. The van der Waals surface area contributed by atoms with Crippen molar-refractivity contribution in [3.05, 3.63) is 0 Å². The summed E-state index contributed by atoms with van der Waals surface area (Å²) >= 11 is 0. The fraction of sp³-hybridized carbons (Fsp3) is 0.889. The molecule has 1 saturated heterocycles. The lowest BCUT2D eigenvalue weighted by Crippen LogP contribution is -2.39. The predicted molar refractivity (Wildman–Crippen MR) is 47.4 cm³/mol. The van der Waals surface area contributed by atoms with E-state index in [0.717, 1.165) is 0 Å². The van der Waals surface area contributed by atoms with Gasteiger partial charge in [0, 0.05) is 12.5 Å². The summed E-state index contributed by atoms with van der Waals surface area (Å²) in [5, 5.41) is 8.83. The molecule has 1 N–H and O–H groups in total. The Morgan fingerprint density at radius 3 is 2.64 bits per heavy atom. The molecule has 1 fully saturated rings. The maximum absolute atomic E-state index is 12.3. The highest BCUT2D eigenvalue weighted by Crippen LogP contribution is 2.25. The van der Waals surface area contributed by atoms with Crippen molar-refractivity contribution in [2.24, 2.45) is 5.92 Å². The standard InChI is InChI=1S/C9H15F2NO2/c1-2-7(9(13)14)12-4-3-6(5-12)8(10)11/h6-8H,2-5H2,1H3,(H,13,14). The van der Waals surface area contributed by atoms with E-state index in [1.165, 1.54) is 0 Å². The summed E-state index contributed by atoms with van der Waals surface area (Å²) in [6.07, 6.45) is -1.46. The second kappa shape index (κ2) is 4.68. The van der Waals surface area contributed by atoms with Crippen LogP contribution in [0.25, 0.3) is 0 Å². The Morgan fingerprint density at radius 1 is 1.64 bits per heavy atom. The van der Waals surface area contributed by atoms with E-state index in [2.05, 4.69) is 0 Å². The number of likely N-dealkylation sites (tertiary alicyclic amines) is 1. The largest absolute Gasteiger partial charge is 0.480 e. The molecule has 0 aromatic heterocycles. The molecule has 0 aliphatic carbocycles. The first-order valence-electron chi connectivity index (χ1n) is 4.81. The summed E-state index contributed by atoms with van der Waals surface area (Å²) in [5.41, 5.74) is 0. The van der Waals surface area contributed by atoms with E-state index in [1.54, 1.807) is 11.8 Å². The molecular weight excluding hydrogens is 192 g/mol. The lowest BCUT2D eigenvalue weighted by molar-refractivity contribution is -0.143. The van der Waals surface area contributed by atoms with Crippen LogP contribution in [0.4, 0.5) is 8.78 Å². The molecule has 14 heavy (non-hydrogen) atoms. The highest BCUT2D eigenvalue weighted by molar-refractivity contribution is 5.73. The van der Waals surface area contributed by atoms with Crippen LogP contribution < -0.4 is 0 Å². The summed E-state index contributed by atoms with van der Waals surface area (Å²) in [6.45, 7) is 2.44. The van der Waals surface area contributed by atoms with Crippen molar-refractivity contribution >= 4 is 5.97 Å². The smallest absolute Gasteiger partial charge is 0.320 e.